The molecular weight excluding hydrogens is 288 g/mol. The van der Waals surface area contributed by atoms with Crippen LogP contribution in [0.15, 0.2) is 35.4 Å². The molecule has 2 rings (SSSR count). The van der Waals surface area contributed by atoms with Gasteiger partial charge in [0.15, 0.2) is 0 Å². The number of hydrogen-bond donors (Lipinski definition) is 2. The fraction of sp³-hybridized carbons (Fsp3) is 0.286. The van der Waals surface area contributed by atoms with Gasteiger partial charge in [0, 0.05) is 18.6 Å². The summed E-state index contributed by atoms with van der Waals surface area (Å²) in [4.78, 5) is 4.42. The van der Waals surface area contributed by atoms with Crippen molar-refractivity contribution in [2.75, 3.05) is 7.05 Å². The maximum atomic E-state index is 12.7. The quantitative estimate of drug-likeness (QED) is 0.660. The summed E-state index contributed by atoms with van der Waals surface area (Å²) in [5.41, 5.74) is 6.98. The van der Waals surface area contributed by atoms with E-state index in [1.165, 1.54) is 7.05 Å². The van der Waals surface area contributed by atoms with Crippen molar-refractivity contribution in [1.29, 1.82) is 5.41 Å². The molecule has 7 heteroatoms. The summed E-state index contributed by atoms with van der Waals surface area (Å²) < 4.78 is 26.6. The number of aryl methyl sites for hydroxylation is 1. The number of pyridine rings is 1. The second-order valence-electron chi connectivity index (χ2n) is 4.93. The molecule has 21 heavy (non-hydrogen) atoms. The molecule has 1 atom stereocenters. The zero-order valence-electron chi connectivity index (χ0n) is 12.2. The zero-order chi connectivity index (χ0) is 15.8. The van der Waals surface area contributed by atoms with Crippen LogP contribution in [-0.2, 0) is 10.0 Å². The number of fused-ring (bicyclic) bond motifs is 1. The highest BCUT2D eigenvalue weighted by Crippen LogP contribution is 2.27. The summed E-state index contributed by atoms with van der Waals surface area (Å²) in [7, 11) is -2.33. The Morgan fingerprint density at radius 2 is 2.05 bits per heavy atom. The van der Waals surface area contributed by atoms with E-state index in [9.17, 15) is 8.42 Å². The van der Waals surface area contributed by atoms with Crippen molar-refractivity contribution in [3.8, 4) is 0 Å². The Balaban J connectivity index is 2.66. The maximum absolute atomic E-state index is 12.7. The van der Waals surface area contributed by atoms with Gasteiger partial charge in [0.25, 0.3) is 0 Å². The van der Waals surface area contributed by atoms with E-state index in [4.69, 9.17) is 11.1 Å². The monoisotopic (exact) mass is 306 g/mol. The van der Waals surface area contributed by atoms with E-state index in [0.29, 0.717) is 10.9 Å². The van der Waals surface area contributed by atoms with Gasteiger partial charge >= 0.3 is 0 Å². The summed E-state index contributed by atoms with van der Waals surface area (Å²) >= 11 is 0. The molecule has 0 saturated carbocycles. The molecule has 1 heterocycles. The molecule has 1 aromatic carbocycles. The topological polar surface area (TPSA) is 100 Å². The zero-order valence-corrected chi connectivity index (χ0v) is 13.0. The lowest BCUT2D eigenvalue weighted by atomic mass is 10.1. The first-order chi connectivity index (χ1) is 9.76. The molecule has 0 aliphatic carbocycles. The molecule has 3 N–H and O–H groups in total. The number of rotatable bonds is 4. The summed E-state index contributed by atoms with van der Waals surface area (Å²) in [6.45, 7) is 3.46. The van der Waals surface area contributed by atoms with Gasteiger partial charge in [-0.1, -0.05) is 6.07 Å². The van der Waals surface area contributed by atoms with Crippen molar-refractivity contribution in [2.45, 2.75) is 24.8 Å². The number of sulfonamides is 1. The van der Waals surface area contributed by atoms with Crippen LogP contribution in [0.1, 0.15) is 12.5 Å². The van der Waals surface area contributed by atoms with Crippen LogP contribution in [0.5, 0.6) is 0 Å². The highest BCUT2D eigenvalue weighted by molar-refractivity contribution is 7.89. The van der Waals surface area contributed by atoms with E-state index in [1.54, 1.807) is 37.4 Å². The average Bonchev–Trinajstić information content (AvgIpc) is 2.45. The fourth-order valence-corrected chi connectivity index (χ4v) is 3.59. The summed E-state index contributed by atoms with van der Waals surface area (Å²) in [5, 5.41) is 8.00. The Bertz CT molecular complexity index is 802. The van der Waals surface area contributed by atoms with E-state index < -0.39 is 16.1 Å². The highest BCUT2D eigenvalue weighted by Gasteiger charge is 2.28. The lowest BCUT2D eigenvalue weighted by Gasteiger charge is -2.24. The third kappa shape index (κ3) is 2.62. The van der Waals surface area contributed by atoms with Gasteiger partial charge in [-0.05, 0) is 37.6 Å². The van der Waals surface area contributed by atoms with Gasteiger partial charge in [-0.25, -0.2) is 8.42 Å². The minimum atomic E-state index is -3.75. The van der Waals surface area contributed by atoms with Gasteiger partial charge in [-0.15, -0.1) is 0 Å². The Hall–Kier alpha value is -1.99. The van der Waals surface area contributed by atoms with Crippen LogP contribution in [0, 0.1) is 12.3 Å². The standard InChI is InChI=1S/C14H18N4O2S/c1-9-6-7-12(11-5-4-8-17-13(9)11)21(19,20)18(3)10(2)14(15)16/h4-8,10H,1-3H3,(H3,15,16). The Morgan fingerprint density at radius 1 is 1.38 bits per heavy atom. The number of aromatic nitrogens is 1. The molecule has 112 valence electrons. The van der Waals surface area contributed by atoms with Crippen LogP contribution >= 0.6 is 0 Å². The van der Waals surface area contributed by atoms with Gasteiger partial charge in [-0.3, -0.25) is 10.4 Å². The van der Waals surface area contributed by atoms with E-state index in [2.05, 4.69) is 4.98 Å². The predicted octanol–water partition coefficient (Wildman–Crippen LogP) is 1.49. The molecule has 0 spiro atoms. The highest BCUT2D eigenvalue weighted by atomic mass is 32.2. The van der Waals surface area contributed by atoms with E-state index in [0.717, 1.165) is 9.87 Å². The minimum Gasteiger partial charge on any atom is -0.386 e. The van der Waals surface area contributed by atoms with E-state index in [-0.39, 0.29) is 10.7 Å². The lowest BCUT2D eigenvalue weighted by Crippen LogP contribution is -2.43. The van der Waals surface area contributed by atoms with E-state index in [1.807, 2.05) is 6.92 Å². The summed E-state index contributed by atoms with van der Waals surface area (Å²) in [5.74, 6) is -0.199. The van der Waals surface area contributed by atoms with Crippen LogP contribution < -0.4 is 5.73 Å². The third-order valence-electron chi connectivity index (χ3n) is 3.58. The molecular formula is C14H18N4O2S. The minimum absolute atomic E-state index is 0.173. The van der Waals surface area contributed by atoms with Crippen LogP contribution in [0.4, 0.5) is 0 Å². The smallest absolute Gasteiger partial charge is 0.244 e. The first kappa shape index (κ1) is 15.4. The SMILES string of the molecule is Cc1ccc(S(=O)(=O)N(C)C(C)C(=N)N)c2cccnc12. The third-order valence-corrected chi connectivity index (χ3v) is 5.57. The van der Waals surface area contributed by atoms with Gasteiger partial charge in [0.1, 0.15) is 5.84 Å². The van der Waals surface area contributed by atoms with Crippen LogP contribution in [0.3, 0.4) is 0 Å². The second kappa shape index (κ2) is 5.42. The lowest BCUT2D eigenvalue weighted by molar-refractivity contribution is 0.449. The van der Waals surface area contributed by atoms with Crippen molar-refractivity contribution >= 4 is 26.8 Å². The number of nitrogens with one attached hydrogen (secondary N) is 1. The number of nitrogens with two attached hydrogens (primary N) is 1. The van der Waals surface area contributed by atoms with Gasteiger partial charge in [0.2, 0.25) is 10.0 Å². The van der Waals surface area contributed by atoms with Gasteiger partial charge in [-0.2, -0.15) is 4.31 Å². The molecule has 2 aromatic rings. The molecule has 6 nitrogen and oxygen atoms in total. The molecule has 0 aliphatic heterocycles. The molecule has 0 bridgehead atoms. The number of nitrogens with zero attached hydrogens (tertiary/aromatic N) is 2. The van der Waals surface area contributed by atoms with Crippen molar-refractivity contribution < 1.29 is 8.42 Å². The maximum Gasteiger partial charge on any atom is 0.244 e. The summed E-state index contributed by atoms with van der Waals surface area (Å²) in [6.07, 6.45) is 1.63. The van der Waals surface area contributed by atoms with Crippen molar-refractivity contribution in [3.05, 3.63) is 36.0 Å². The molecule has 1 unspecified atom stereocenters. The second-order valence-corrected chi connectivity index (χ2v) is 6.90. The molecule has 0 saturated heterocycles. The Morgan fingerprint density at radius 3 is 2.67 bits per heavy atom. The van der Waals surface area contributed by atoms with Crippen LogP contribution in [0.25, 0.3) is 10.9 Å². The van der Waals surface area contributed by atoms with E-state index >= 15 is 0 Å². The summed E-state index contributed by atoms with van der Waals surface area (Å²) in [6, 6.07) is 6.03. The number of benzene rings is 1. The molecule has 0 fully saturated rings. The van der Waals surface area contributed by atoms with Crippen molar-refractivity contribution in [3.63, 3.8) is 0 Å². The predicted molar refractivity (Wildman–Crippen MR) is 82.8 cm³/mol. The number of likely N-dealkylation sites (N-methyl/N-ethyl adjacent to an activating group) is 1. The Kier molecular flexibility index (Phi) is 3.97. The van der Waals surface area contributed by atoms with Gasteiger partial charge in [0.05, 0.1) is 16.5 Å². The van der Waals surface area contributed by atoms with Crippen LogP contribution in [-0.4, -0.2) is 36.6 Å². The number of amidine groups is 1. The molecule has 0 aliphatic rings. The van der Waals surface area contributed by atoms with Crippen molar-refractivity contribution in [1.82, 2.24) is 9.29 Å². The number of hydrogen-bond acceptors (Lipinski definition) is 4. The largest absolute Gasteiger partial charge is 0.386 e. The first-order valence-corrected chi connectivity index (χ1v) is 7.87. The van der Waals surface area contributed by atoms with Crippen molar-refractivity contribution in [2.24, 2.45) is 5.73 Å². The van der Waals surface area contributed by atoms with Gasteiger partial charge < -0.3 is 5.73 Å². The molecule has 1 aromatic heterocycles. The Labute approximate surface area is 124 Å². The molecule has 0 radical (unpaired) electrons. The van der Waals surface area contributed by atoms with Crippen LogP contribution in [0.2, 0.25) is 0 Å². The first-order valence-electron chi connectivity index (χ1n) is 6.43. The fourth-order valence-electron chi connectivity index (χ4n) is 2.07. The molecule has 0 amide bonds. The normalized spacial score (nSPS) is 13.5. The average molecular weight is 306 g/mol.